The maximum atomic E-state index is 12.9. The van der Waals surface area contributed by atoms with Crippen molar-refractivity contribution in [3.8, 4) is 0 Å². The van der Waals surface area contributed by atoms with Crippen LogP contribution in [0.2, 0.25) is 0 Å². The first-order chi connectivity index (χ1) is 13.7. The maximum absolute atomic E-state index is 12.9. The highest BCUT2D eigenvalue weighted by atomic mass is 16.5. The molecule has 1 aromatic heterocycles. The molecule has 4 rings (SSSR count). The molecule has 1 amide bonds. The predicted octanol–water partition coefficient (Wildman–Crippen LogP) is 2.73. The standard InChI is InChI=1S/C21H22N4O3/c1-15-7-5-6-10-17(15)19(26)22-18(16-8-3-2-4-9-16)20-23-24-21(28-20)25-11-13-27-14-12-25/h2-10,18H,11-14H2,1H3,(H,22,26). The Morgan fingerprint density at radius 1 is 1.04 bits per heavy atom. The highest BCUT2D eigenvalue weighted by Gasteiger charge is 2.26. The van der Waals surface area contributed by atoms with Gasteiger partial charge in [-0.2, -0.15) is 0 Å². The first kappa shape index (κ1) is 18.2. The summed E-state index contributed by atoms with van der Waals surface area (Å²) in [5.74, 6) is 0.174. The number of aromatic nitrogens is 2. The van der Waals surface area contributed by atoms with E-state index in [0.717, 1.165) is 11.1 Å². The predicted molar refractivity (Wildman–Crippen MR) is 104 cm³/mol. The molecule has 7 heteroatoms. The van der Waals surface area contributed by atoms with E-state index in [9.17, 15) is 4.79 Å². The maximum Gasteiger partial charge on any atom is 0.318 e. The lowest BCUT2D eigenvalue weighted by Crippen LogP contribution is -2.36. The summed E-state index contributed by atoms with van der Waals surface area (Å²) in [6, 6.07) is 17.0. The van der Waals surface area contributed by atoms with Crippen LogP contribution in [0.15, 0.2) is 59.0 Å². The van der Waals surface area contributed by atoms with Gasteiger partial charge in [0.1, 0.15) is 6.04 Å². The molecule has 7 nitrogen and oxygen atoms in total. The van der Waals surface area contributed by atoms with Crippen molar-refractivity contribution in [1.82, 2.24) is 15.5 Å². The second-order valence-corrected chi connectivity index (χ2v) is 6.65. The summed E-state index contributed by atoms with van der Waals surface area (Å²) < 4.78 is 11.3. The van der Waals surface area contributed by atoms with E-state index in [1.165, 1.54) is 0 Å². The van der Waals surface area contributed by atoms with Gasteiger partial charge in [0.05, 0.1) is 13.2 Å². The van der Waals surface area contributed by atoms with Gasteiger partial charge in [0, 0.05) is 18.7 Å². The highest BCUT2D eigenvalue weighted by Crippen LogP contribution is 2.25. The number of aryl methyl sites for hydroxylation is 1. The number of nitrogens with one attached hydrogen (secondary N) is 1. The molecule has 1 atom stereocenters. The Bertz CT molecular complexity index is 936. The Morgan fingerprint density at radius 2 is 1.75 bits per heavy atom. The summed E-state index contributed by atoms with van der Waals surface area (Å²) in [7, 11) is 0. The zero-order chi connectivity index (χ0) is 19.3. The first-order valence-electron chi connectivity index (χ1n) is 9.30. The van der Waals surface area contributed by atoms with E-state index in [2.05, 4.69) is 15.5 Å². The monoisotopic (exact) mass is 378 g/mol. The van der Waals surface area contributed by atoms with E-state index < -0.39 is 6.04 Å². The molecule has 1 fully saturated rings. The van der Waals surface area contributed by atoms with Crippen molar-refractivity contribution in [2.75, 3.05) is 31.2 Å². The van der Waals surface area contributed by atoms with Gasteiger partial charge in [-0.15, -0.1) is 5.10 Å². The highest BCUT2D eigenvalue weighted by molar-refractivity contribution is 5.96. The lowest BCUT2D eigenvalue weighted by Gasteiger charge is -2.24. The number of amides is 1. The molecule has 1 aliphatic rings. The molecule has 1 N–H and O–H groups in total. The van der Waals surface area contributed by atoms with Crippen LogP contribution in [0.3, 0.4) is 0 Å². The molecule has 0 saturated carbocycles. The fraction of sp³-hybridized carbons (Fsp3) is 0.286. The van der Waals surface area contributed by atoms with Crippen LogP contribution in [0, 0.1) is 6.92 Å². The number of benzene rings is 2. The third kappa shape index (κ3) is 3.89. The molecular weight excluding hydrogens is 356 g/mol. The van der Waals surface area contributed by atoms with E-state index in [0.29, 0.717) is 43.8 Å². The van der Waals surface area contributed by atoms with E-state index in [1.807, 2.05) is 60.4 Å². The van der Waals surface area contributed by atoms with Crippen molar-refractivity contribution in [1.29, 1.82) is 0 Å². The average Bonchev–Trinajstić information content (AvgIpc) is 3.23. The number of morpholine rings is 1. The zero-order valence-corrected chi connectivity index (χ0v) is 15.7. The number of hydrogen-bond donors (Lipinski definition) is 1. The van der Waals surface area contributed by atoms with Crippen LogP contribution in [-0.4, -0.2) is 42.4 Å². The van der Waals surface area contributed by atoms with Crippen LogP contribution < -0.4 is 10.2 Å². The lowest BCUT2D eigenvalue weighted by atomic mass is 10.0. The molecule has 144 valence electrons. The molecule has 28 heavy (non-hydrogen) atoms. The second kappa shape index (κ2) is 8.22. The number of nitrogens with zero attached hydrogens (tertiary/aromatic N) is 3. The number of hydrogen-bond acceptors (Lipinski definition) is 6. The third-order valence-electron chi connectivity index (χ3n) is 4.76. The van der Waals surface area contributed by atoms with Gasteiger partial charge in [0.15, 0.2) is 0 Å². The number of carbonyl (C=O) groups excluding carboxylic acids is 1. The second-order valence-electron chi connectivity index (χ2n) is 6.65. The van der Waals surface area contributed by atoms with Crippen molar-refractivity contribution < 1.29 is 13.9 Å². The zero-order valence-electron chi connectivity index (χ0n) is 15.7. The van der Waals surface area contributed by atoms with Crippen molar-refractivity contribution in [2.24, 2.45) is 0 Å². The fourth-order valence-corrected chi connectivity index (χ4v) is 3.20. The van der Waals surface area contributed by atoms with Gasteiger partial charge in [-0.25, -0.2) is 0 Å². The van der Waals surface area contributed by atoms with Crippen LogP contribution in [0.1, 0.15) is 33.4 Å². The minimum absolute atomic E-state index is 0.182. The molecule has 0 radical (unpaired) electrons. The molecule has 0 bridgehead atoms. The normalized spacial score (nSPS) is 15.2. The van der Waals surface area contributed by atoms with Gasteiger partial charge in [0.2, 0.25) is 5.89 Å². The third-order valence-corrected chi connectivity index (χ3v) is 4.76. The molecule has 1 unspecified atom stereocenters. The topological polar surface area (TPSA) is 80.5 Å². The van der Waals surface area contributed by atoms with Crippen molar-refractivity contribution in [3.05, 3.63) is 77.2 Å². The number of ether oxygens (including phenoxy) is 1. The number of carbonyl (C=O) groups is 1. The molecule has 1 saturated heterocycles. The molecule has 2 aromatic carbocycles. The molecule has 3 aromatic rings. The Morgan fingerprint density at radius 3 is 2.50 bits per heavy atom. The van der Waals surface area contributed by atoms with Gasteiger partial charge < -0.3 is 19.4 Å². The lowest BCUT2D eigenvalue weighted by molar-refractivity contribution is 0.0937. The van der Waals surface area contributed by atoms with Gasteiger partial charge in [-0.3, -0.25) is 4.79 Å². The van der Waals surface area contributed by atoms with Crippen LogP contribution in [0.25, 0.3) is 0 Å². The van der Waals surface area contributed by atoms with Crippen LogP contribution >= 0.6 is 0 Å². The van der Waals surface area contributed by atoms with Gasteiger partial charge in [-0.1, -0.05) is 53.6 Å². The van der Waals surface area contributed by atoms with E-state index >= 15 is 0 Å². The summed E-state index contributed by atoms with van der Waals surface area (Å²) in [6.45, 7) is 4.57. The number of anilines is 1. The van der Waals surface area contributed by atoms with Crippen molar-refractivity contribution in [3.63, 3.8) is 0 Å². The van der Waals surface area contributed by atoms with Gasteiger partial charge >= 0.3 is 6.01 Å². The van der Waals surface area contributed by atoms with Gasteiger partial charge in [0.25, 0.3) is 5.91 Å². The molecule has 1 aliphatic heterocycles. The summed E-state index contributed by atoms with van der Waals surface area (Å²) in [6.07, 6.45) is 0. The van der Waals surface area contributed by atoms with E-state index in [-0.39, 0.29) is 5.91 Å². The molecular formula is C21H22N4O3. The Balaban J connectivity index is 1.62. The van der Waals surface area contributed by atoms with Crippen molar-refractivity contribution >= 4 is 11.9 Å². The van der Waals surface area contributed by atoms with Gasteiger partial charge in [-0.05, 0) is 24.1 Å². The van der Waals surface area contributed by atoms with Crippen molar-refractivity contribution in [2.45, 2.75) is 13.0 Å². The fourth-order valence-electron chi connectivity index (χ4n) is 3.20. The van der Waals surface area contributed by atoms with Crippen LogP contribution in [0.5, 0.6) is 0 Å². The smallest absolute Gasteiger partial charge is 0.318 e. The molecule has 0 spiro atoms. The summed E-state index contributed by atoms with van der Waals surface area (Å²) >= 11 is 0. The largest absolute Gasteiger partial charge is 0.405 e. The minimum atomic E-state index is -0.532. The summed E-state index contributed by atoms with van der Waals surface area (Å²) in [5, 5.41) is 11.5. The number of rotatable bonds is 5. The van der Waals surface area contributed by atoms with Crippen LogP contribution in [0.4, 0.5) is 6.01 Å². The molecule has 0 aliphatic carbocycles. The average molecular weight is 378 g/mol. The molecule has 2 heterocycles. The quantitative estimate of drug-likeness (QED) is 0.735. The first-order valence-corrected chi connectivity index (χ1v) is 9.30. The Labute approximate surface area is 163 Å². The van der Waals surface area contributed by atoms with E-state index in [1.54, 1.807) is 6.07 Å². The Kier molecular flexibility index (Phi) is 5.34. The van der Waals surface area contributed by atoms with E-state index in [4.69, 9.17) is 9.15 Å². The minimum Gasteiger partial charge on any atom is -0.405 e. The summed E-state index contributed by atoms with van der Waals surface area (Å²) in [5.41, 5.74) is 2.41. The Hall–Kier alpha value is -3.19. The summed E-state index contributed by atoms with van der Waals surface area (Å²) in [4.78, 5) is 14.9. The van der Waals surface area contributed by atoms with Crippen LogP contribution in [-0.2, 0) is 4.74 Å². The SMILES string of the molecule is Cc1ccccc1C(=O)NC(c1ccccc1)c1nnc(N2CCOCC2)o1.